The fourth-order valence-electron chi connectivity index (χ4n) is 7.21. The number of hydrogen-bond donors (Lipinski definition) is 0. The summed E-state index contributed by atoms with van der Waals surface area (Å²) in [5.74, 6) is 0. The van der Waals surface area contributed by atoms with Crippen LogP contribution in [0.25, 0.3) is 98.1 Å². The van der Waals surface area contributed by atoms with Crippen LogP contribution < -0.4 is 0 Å². The molecule has 0 fully saturated rings. The summed E-state index contributed by atoms with van der Waals surface area (Å²) in [5.41, 5.74) is 8.90. The van der Waals surface area contributed by atoms with E-state index < -0.39 is 12.1 Å². The van der Waals surface area contributed by atoms with E-state index in [4.69, 9.17) is 7.73 Å². The Kier molecular flexibility index (Phi) is 6.27. The van der Waals surface area contributed by atoms with Crippen molar-refractivity contribution in [3.05, 3.63) is 194 Å². The van der Waals surface area contributed by atoms with Crippen molar-refractivity contribution in [1.82, 2.24) is 9.97 Å². The highest BCUT2D eigenvalue weighted by Gasteiger charge is 2.23. The highest BCUT2D eigenvalue weighted by Crippen LogP contribution is 2.52. The maximum atomic E-state index is 9.63. The lowest BCUT2D eigenvalue weighted by atomic mass is 9.90. The first-order chi connectivity index (χ1) is 28.8. The maximum Gasteiger partial charge on any atom is 0.0972 e. The molecule has 2 nitrogen and oxygen atoms in total. The van der Waals surface area contributed by atoms with Crippen molar-refractivity contribution in [3.8, 4) is 65.5 Å². The average molecular weight is 699 g/mol. The van der Waals surface area contributed by atoms with E-state index in [-0.39, 0.29) is 46.1 Å². The van der Waals surface area contributed by atoms with Crippen LogP contribution >= 0.6 is 11.3 Å². The molecule has 3 heterocycles. The standard InChI is InChI=1S/C50H32N2S/c1-4-14-33(15-5-1)45-46(34-16-6-2-7-17-34)50(53-49(45)37-18-8-3-9-19-37)39-21-12-20-38(32-39)40-28-29-43(42-24-11-10-23-41(40)42)44-30-27-36-26-25-35-22-13-31-51-47(35)48(36)52-44/h1-32H/i10D,11D,23D,24D,28D,29D. The van der Waals surface area contributed by atoms with Crippen LogP contribution in [0.1, 0.15) is 8.22 Å². The van der Waals surface area contributed by atoms with E-state index in [0.29, 0.717) is 22.3 Å². The van der Waals surface area contributed by atoms with Gasteiger partial charge in [-0.25, -0.2) is 4.98 Å². The van der Waals surface area contributed by atoms with E-state index in [2.05, 4.69) is 41.4 Å². The zero-order chi connectivity index (χ0) is 40.4. The quantitative estimate of drug-likeness (QED) is 0.162. The van der Waals surface area contributed by atoms with Crippen molar-refractivity contribution in [2.75, 3.05) is 0 Å². The molecule has 0 unspecified atom stereocenters. The van der Waals surface area contributed by atoms with Crippen molar-refractivity contribution in [3.63, 3.8) is 0 Å². The second-order valence-corrected chi connectivity index (χ2v) is 13.9. The monoisotopic (exact) mass is 698 g/mol. The van der Waals surface area contributed by atoms with Crippen molar-refractivity contribution in [2.24, 2.45) is 0 Å². The number of thiophene rings is 1. The van der Waals surface area contributed by atoms with E-state index in [9.17, 15) is 5.48 Å². The lowest BCUT2D eigenvalue weighted by molar-refractivity contribution is 1.37. The fourth-order valence-corrected chi connectivity index (χ4v) is 8.56. The van der Waals surface area contributed by atoms with Crippen molar-refractivity contribution < 1.29 is 8.22 Å². The van der Waals surface area contributed by atoms with E-state index in [1.165, 1.54) is 0 Å². The molecular formula is C50H32N2S. The lowest BCUT2D eigenvalue weighted by Crippen LogP contribution is -1.91. The molecule has 0 aliphatic carbocycles. The average Bonchev–Trinajstić information content (AvgIpc) is 3.70. The van der Waals surface area contributed by atoms with Gasteiger partial charge in [0.1, 0.15) is 0 Å². The number of pyridine rings is 2. The first kappa shape index (κ1) is 25.3. The summed E-state index contributed by atoms with van der Waals surface area (Å²) in [4.78, 5) is 11.7. The van der Waals surface area contributed by atoms with Gasteiger partial charge in [0.25, 0.3) is 0 Å². The molecule has 0 aliphatic rings. The Morgan fingerprint density at radius 1 is 0.434 bits per heavy atom. The predicted molar refractivity (Wildman–Crippen MR) is 225 cm³/mol. The van der Waals surface area contributed by atoms with E-state index in [1.54, 1.807) is 23.6 Å². The van der Waals surface area contributed by atoms with Crippen LogP contribution in [-0.2, 0) is 0 Å². The lowest BCUT2D eigenvalue weighted by Gasteiger charge is -2.14. The smallest absolute Gasteiger partial charge is 0.0972 e. The van der Waals surface area contributed by atoms with Crippen LogP contribution in [0, 0.1) is 0 Å². The van der Waals surface area contributed by atoms with Gasteiger partial charge in [-0.15, -0.1) is 11.3 Å². The van der Waals surface area contributed by atoms with Crippen LogP contribution in [0.2, 0.25) is 0 Å². The zero-order valence-corrected chi connectivity index (χ0v) is 29.1. The molecule has 0 atom stereocenters. The van der Waals surface area contributed by atoms with Crippen LogP contribution in [0.4, 0.5) is 0 Å². The van der Waals surface area contributed by atoms with Gasteiger partial charge in [0.15, 0.2) is 0 Å². The Morgan fingerprint density at radius 3 is 1.68 bits per heavy atom. The third kappa shape index (κ3) is 5.50. The molecule has 0 aliphatic heterocycles. The molecule has 0 radical (unpaired) electrons. The molecule has 10 rings (SSSR count). The molecule has 7 aromatic carbocycles. The number of fused-ring (bicyclic) bond motifs is 4. The molecule has 53 heavy (non-hydrogen) atoms. The van der Waals surface area contributed by atoms with Gasteiger partial charge in [0.2, 0.25) is 0 Å². The van der Waals surface area contributed by atoms with Crippen molar-refractivity contribution in [2.45, 2.75) is 0 Å². The molecule has 3 heteroatoms. The molecule has 248 valence electrons. The highest BCUT2D eigenvalue weighted by molar-refractivity contribution is 7.20. The Morgan fingerprint density at radius 2 is 0.981 bits per heavy atom. The second-order valence-electron chi connectivity index (χ2n) is 12.8. The molecular weight excluding hydrogens is 661 g/mol. The van der Waals surface area contributed by atoms with Crippen molar-refractivity contribution >= 4 is 43.9 Å². The predicted octanol–water partition coefficient (Wildman–Crippen LogP) is 14.0. The minimum atomic E-state index is -0.415. The van der Waals surface area contributed by atoms with E-state index in [0.717, 1.165) is 53.9 Å². The topological polar surface area (TPSA) is 25.8 Å². The van der Waals surface area contributed by atoms with Crippen molar-refractivity contribution in [1.29, 1.82) is 0 Å². The summed E-state index contributed by atoms with van der Waals surface area (Å²) in [6.07, 6.45) is 1.70. The summed E-state index contributed by atoms with van der Waals surface area (Å²) >= 11 is 1.69. The van der Waals surface area contributed by atoms with Gasteiger partial charge in [-0.1, -0.05) is 170 Å². The van der Waals surface area contributed by atoms with E-state index in [1.807, 2.05) is 109 Å². The third-order valence-corrected chi connectivity index (χ3v) is 11.0. The van der Waals surface area contributed by atoms with Crippen LogP contribution in [0.3, 0.4) is 0 Å². The van der Waals surface area contributed by atoms with Crippen LogP contribution in [0.5, 0.6) is 0 Å². The van der Waals surface area contributed by atoms with Crippen LogP contribution in [0.15, 0.2) is 194 Å². The fraction of sp³-hybridized carbons (Fsp3) is 0. The number of benzene rings is 7. The molecule has 0 N–H and O–H groups in total. The number of rotatable bonds is 6. The minimum absolute atomic E-state index is 0.149. The molecule has 0 spiro atoms. The SMILES string of the molecule is [2H]c1c([2H])c([2H])c2c(-c3ccc4ccc5cccnc5c4n3)c([2H])c([2H])c(-c3cccc(-c4sc(-c5ccccc5)c(-c5ccccc5)c4-c4ccccc4)c3)c2c1[2H]. The first-order valence-corrected chi connectivity index (χ1v) is 18.2. The van der Waals surface area contributed by atoms with Gasteiger partial charge in [0, 0.05) is 43.4 Å². The highest BCUT2D eigenvalue weighted by atomic mass is 32.1. The number of aromatic nitrogens is 2. The minimum Gasteiger partial charge on any atom is -0.254 e. The van der Waals surface area contributed by atoms with Gasteiger partial charge in [-0.05, 0) is 62.4 Å². The Hall–Kier alpha value is -6.68. The normalized spacial score (nSPS) is 13.0. The van der Waals surface area contributed by atoms with Gasteiger partial charge in [-0.2, -0.15) is 0 Å². The largest absolute Gasteiger partial charge is 0.254 e. The van der Waals surface area contributed by atoms with Crippen LogP contribution in [-0.4, -0.2) is 9.97 Å². The Balaban J connectivity index is 1.25. The summed E-state index contributed by atoms with van der Waals surface area (Å²) in [5, 5.41) is 2.06. The van der Waals surface area contributed by atoms with Gasteiger partial charge in [0.05, 0.1) is 25.0 Å². The maximum absolute atomic E-state index is 9.63. The zero-order valence-electron chi connectivity index (χ0n) is 34.3. The summed E-state index contributed by atoms with van der Waals surface area (Å²) in [6, 6.07) is 48.5. The summed E-state index contributed by atoms with van der Waals surface area (Å²) in [6.45, 7) is 0. The molecule has 0 saturated heterocycles. The molecule has 0 amide bonds. The molecule has 3 aromatic heterocycles. The summed E-state index contributed by atoms with van der Waals surface area (Å²) < 4.78 is 55.3. The molecule has 0 bridgehead atoms. The number of nitrogens with zero attached hydrogens (tertiary/aromatic N) is 2. The van der Waals surface area contributed by atoms with Gasteiger partial charge >= 0.3 is 0 Å². The first-order valence-electron chi connectivity index (χ1n) is 20.4. The van der Waals surface area contributed by atoms with Gasteiger partial charge in [-0.3, -0.25) is 4.98 Å². The Bertz CT molecular complexity index is 3280. The third-order valence-electron chi connectivity index (χ3n) is 9.67. The molecule has 10 aromatic rings. The molecule has 0 saturated carbocycles. The van der Waals surface area contributed by atoms with Gasteiger partial charge < -0.3 is 0 Å². The second kappa shape index (κ2) is 13.1. The number of hydrogen-bond acceptors (Lipinski definition) is 3. The van der Waals surface area contributed by atoms with E-state index >= 15 is 0 Å². The summed E-state index contributed by atoms with van der Waals surface area (Å²) in [7, 11) is 0. The Labute approximate surface area is 320 Å².